The Bertz CT molecular complexity index is 569. The molecule has 0 unspecified atom stereocenters. The maximum Gasteiger partial charge on any atom is 0.408 e. The van der Waals surface area contributed by atoms with Crippen molar-refractivity contribution in [3.8, 4) is 0 Å². The lowest BCUT2D eigenvalue weighted by Gasteiger charge is -2.27. The number of nitrogens with one attached hydrogen (secondary N) is 3. The van der Waals surface area contributed by atoms with Gasteiger partial charge < -0.3 is 25.8 Å². The predicted octanol–water partition coefficient (Wildman–Crippen LogP) is 1.66. The number of carboxylic acid groups (broad SMARTS) is 1. The third-order valence-electron chi connectivity index (χ3n) is 3.69. The molecule has 4 N–H and O–H groups in total. The van der Waals surface area contributed by atoms with Crippen LogP contribution >= 0.6 is 0 Å². The number of carbonyl (C=O) groups is 4. The van der Waals surface area contributed by atoms with Crippen LogP contribution < -0.4 is 16.0 Å². The summed E-state index contributed by atoms with van der Waals surface area (Å²) in [5.41, 5.74) is -0.713. The first-order chi connectivity index (χ1) is 12.6. The minimum Gasteiger partial charge on any atom is -0.480 e. The molecule has 0 rings (SSSR count). The number of hydrogen-bond donors (Lipinski definition) is 4. The Morgan fingerprint density at radius 1 is 0.893 bits per heavy atom. The van der Waals surface area contributed by atoms with E-state index >= 15 is 0 Å². The molecular weight excluding hydrogens is 366 g/mol. The van der Waals surface area contributed by atoms with Gasteiger partial charge in [0.1, 0.15) is 23.7 Å². The van der Waals surface area contributed by atoms with Gasteiger partial charge in [-0.05, 0) is 46.0 Å². The topological polar surface area (TPSA) is 134 Å². The third kappa shape index (κ3) is 10.1. The smallest absolute Gasteiger partial charge is 0.408 e. The van der Waals surface area contributed by atoms with Crippen molar-refractivity contribution in [3.63, 3.8) is 0 Å². The maximum absolute atomic E-state index is 12.7. The van der Waals surface area contributed by atoms with Gasteiger partial charge in [-0.15, -0.1) is 0 Å². The number of carboxylic acids is 1. The predicted molar refractivity (Wildman–Crippen MR) is 105 cm³/mol. The van der Waals surface area contributed by atoms with E-state index in [0.717, 1.165) is 0 Å². The van der Waals surface area contributed by atoms with Crippen molar-refractivity contribution in [2.45, 2.75) is 85.5 Å². The number of amides is 3. The second-order valence-corrected chi connectivity index (χ2v) is 8.63. The molecule has 3 atom stereocenters. The van der Waals surface area contributed by atoms with E-state index in [2.05, 4.69) is 16.0 Å². The molecule has 0 aliphatic carbocycles. The van der Waals surface area contributed by atoms with Crippen molar-refractivity contribution in [1.82, 2.24) is 16.0 Å². The lowest BCUT2D eigenvalue weighted by Crippen LogP contribution is -2.57. The Morgan fingerprint density at radius 2 is 1.43 bits per heavy atom. The van der Waals surface area contributed by atoms with Gasteiger partial charge in [-0.3, -0.25) is 14.4 Å². The van der Waals surface area contributed by atoms with Crippen LogP contribution in [0.2, 0.25) is 0 Å². The van der Waals surface area contributed by atoms with Gasteiger partial charge in [0.25, 0.3) is 0 Å². The van der Waals surface area contributed by atoms with Crippen LogP contribution in [0, 0.1) is 11.8 Å². The number of carbonyl (C=O) groups excluding carboxylic acids is 3. The highest BCUT2D eigenvalue weighted by atomic mass is 16.6. The van der Waals surface area contributed by atoms with Crippen molar-refractivity contribution in [2.75, 3.05) is 0 Å². The van der Waals surface area contributed by atoms with Crippen LogP contribution in [0.4, 0.5) is 4.79 Å². The highest BCUT2D eigenvalue weighted by Crippen LogP contribution is 2.11. The molecule has 0 radical (unpaired) electrons. The lowest BCUT2D eigenvalue weighted by molar-refractivity contribution is -0.141. The van der Waals surface area contributed by atoms with Gasteiger partial charge in [-0.2, -0.15) is 0 Å². The van der Waals surface area contributed by atoms with E-state index in [0.29, 0.717) is 6.42 Å². The molecule has 0 aliphatic heterocycles. The van der Waals surface area contributed by atoms with Gasteiger partial charge in [-0.25, -0.2) is 4.79 Å². The molecular formula is C19H35N3O6. The van der Waals surface area contributed by atoms with Crippen LogP contribution in [-0.4, -0.2) is 52.7 Å². The van der Waals surface area contributed by atoms with Crippen LogP contribution in [0.1, 0.15) is 61.8 Å². The Morgan fingerprint density at radius 3 is 1.82 bits per heavy atom. The van der Waals surface area contributed by atoms with E-state index in [1.165, 1.54) is 6.92 Å². The standard InChI is InChI=1S/C19H35N3O6/c1-10(2)9-13(15(23)20-12(5)17(25)26)21-16(24)14(11(3)4)22-18(27)28-19(6,7)8/h10-14H,9H2,1-8H3,(H,20,23)(H,21,24)(H,22,27)(H,25,26)/t12-,13-,14-/m0/s1. The molecule has 0 aliphatic rings. The minimum atomic E-state index is -1.17. The van der Waals surface area contributed by atoms with E-state index in [1.54, 1.807) is 34.6 Å². The Labute approximate surface area is 167 Å². The van der Waals surface area contributed by atoms with Crippen LogP contribution in [-0.2, 0) is 19.1 Å². The van der Waals surface area contributed by atoms with E-state index in [9.17, 15) is 19.2 Å². The van der Waals surface area contributed by atoms with E-state index in [-0.39, 0.29) is 11.8 Å². The highest BCUT2D eigenvalue weighted by Gasteiger charge is 2.31. The zero-order valence-electron chi connectivity index (χ0n) is 18.1. The molecule has 0 aromatic rings. The number of alkyl carbamates (subject to hydrolysis) is 1. The summed E-state index contributed by atoms with van der Waals surface area (Å²) in [6.07, 6.45) is -0.410. The molecule has 28 heavy (non-hydrogen) atoms. The van der Waals surface area contributed by atoms with Gasteiger partial charge in [0.05, 0.1) is 0 Å². The Hall–Kier alpha value is -2.32. The second kappa shape index (κ2) is 10.9. The summed E-state index contributed by atoms with van der Waals surface area (Å²) in [4.78, 5) is 48.2. The minimum absolute atomic E-state index is 0.0764. The molecule has 0 bridgehead atoms. The van der Waals surface area contributed by atoms with E-state index < -0.39 is 47.6 Å². The van der Waals surface area contributed by atoms with Crippen LogP contribution in [0.15, 0.2) is 0 Å². The van der Waals surface area contributed by atoms with Gasteiger partial charge in [0, 0.05) is 0 Å². The summed E-state index contributed by atoms with van der Waals surface area (Å²) in [5, 5.41) is 16.5. The molecule has 162 valence electrons. The van der Waals surface area contributed by atoms with Crippen molar-refractivity contribution in [1.29, 1.82) is 0 Å². The number of rotatable bonds is 9. The zero-order valence-corrected chi connectivity index (χ0v) is 18.1. The molecule has 9 nitrogen and oxygen atoms in total. The summed E-state index contributed by atoms with van der Waals surface area (Å²) < 4.78 is 5.19. The Kier molecular flexibility index (Phi) is 9.97. The monoisotopic (exact) mass is 401 g/mol. The van der Waals surface area contributed by atoms with Gasteiger partial charge in [0.2, 0.25) is 11.8 Å². The molecule has 0 aromatic carbocycles. The van der Waals surface area contributed by atoms with E-state index in [4.69, 9.17) is 9.84 Å². The molecule has 0 spiro atoms. The molecule has 0 saturated heterocycles. The molecule has 0 aromatic heterocycles. The summed E-state index contributed by atoms with van der Waals surface area (Å²) in [7, 11) is 0. The third-order valence-corrected chi connectivity index (χ3v) is 3.69. The van der Waals surface area contributed by atoms with Crippen molar-refractivity contribution < 1.29 is 29.0 Å². The van der Waals surface area contributed by atoms with E-state index in [1.807, 2.05) is 13.8 Å². The maximum atomic E-state index is 12.7. The largest absolute Gasteiger partial charge is 0.480 e. The molecule has 3 amide bonds. The molecule has 0 heterocycles. The first kappa shape index (κ1) is 25.7. The summed E-state index contributed by atoms with van der Waals surface area (Å²) in [6.45, 7) is 13.8. The first-order valence-electron chi connectivity index (χ1n) is 9.47. The van der Waals surface area contributed by atoms with Crippen molar-refractivity contribution in [2.24, 2.45) is 11.8 Å². The summed E-state index contributed by atoms with van der Waals surface area (Å²) in [5.74, 6) is -2.48. The normalized spacial score (nSPS) is 14.8. The van der Waals surface area contributed by atoms with Crippen molar-refractivity contribution in [3.05, 3.63) is 0 Å². The first-order valence-corrected chi connectivity index (χ1v) is 9.47. The van der Waals surface area contributed by atoms with Crippen LogP contribution in [0.3, 0.4) is 0 Å². The quantitative estimate of drug-likeness (QED) is 0.464. The van der Waals surface area contributed by atoms with Gasteiger partial charge in [-0.1, -0.05) is 27.7 Å². The van der Waals surface area contributed by atoms with Crippen molar-refractivity contribution >= 4 is 23.9 Å². The lowest BCUT2D eigenvalue weighted by atomic mass is 10.00. The number of ether oxygens (including phenoxy) is 1. The fraction of sp³-hybridized carbons (Fsp3) is 0.789. The Balaban J connectivity index is 5.24. The molecule has 0 fully saturated rings. The molecule has 9 heteroatoms. The fourth-order valence-corrected chi connectivity index (χ4v) is 2.31. The van der Waals surface area contributed by atoms with Crippen LogP contribution in [0.25, 0.3) is 0 Å². The molecule has 0 saturated carbocycles. The zero-order chi connectivity index (χ0) is 22.2. The number of aliphatic carboxylic acids is 1. The number of hydrogen-bond acceptors (Lipinski definition) is 5. The summed E-state index contributed by atoms with van der Waals surface area (Å²) in [6, 6.07) is -2.91. The average molecular weight is 402 g/mol. The van der Waals surface area contributed by atoms with Gasteiger partial charge in [0.15, 0.2) is 0 Å². The summed E-state index contributed by atoms with van der Waals surface area (Å²) >= 11 is 0. The van der Waals surface area contributed by atoms with Crippen LogP contribution in [0.5, 0.6) is 0 Å². The average Bonchev–Trinajstić information content (AvgIpc) is 2.48. The van der Waals surface area contributed by atoms with Gasteiger partial charge >= 0.3 is 12.1 Å². The highest BCUT2D eigenvalue weighted by molar-refractivity contribution is 5.92. The SMILES string of the molecule is CC(C)C[C@H](NC(=O)[C@@H](NC(=O)OC(C)(C)C)C(C)C)C(=O)N[C@@H](C)C(=O)O. The fourth-order valence-electron chi connectivity index (χ4n) is 2.31. The second-order valence-electron chi connectivity index (χ2n) is 8.63.